The van der Waals surface area contributed by atoms with Gasteiger partial charge in [-0.3, -0.25) is 0 Å². The summed E-state index contributed by atoms with van der Waals surface area (Å²) in [6.45, 7) is 0. The number of rotatable bonds is 6. The van der Waals surface area contributed by atoms with E-state index in [1.165, 1.54) is 31.3 Å². The summed E-state index contributed by atoms with van der Waals surface area (Å²) in [5.74, 6) is 1.83. The second-order valence-corrected chi connectivity index (χ2v) is 15.0. The van der Waals surface area contributed by atoms with Crippen LogP contribution in [0.3, 0.4) is 0 Å². The fourth-order valence-corrected chi connectivity index (χ4v) is 9.02. The molecular weight excluding hydrogens is 703 g/mol. The molecule has 56 heavy (non-hydrogen) atoms. The van der Waals surface area contributed by atoms with Gasteiger partial charge in [0.15, 0.2) is 17.5 Å². The van der Waals surface area contributed by atoms with E-state index in [1.54, 1.807) is 0 Å². The Morgan fingerprint density at radius 1 is 0.339 bits per heavy atom. The van der Waals surface area contributed by atoms with Gasteiger partial charge in [0, 0.05) is 53.2 Å². The highest BCUT2D eigenvalue weighted by atomic mass is 32.1. The predicted octanol–water partition coefficient (Wildman–Crippen LogP) is 14.1. The zero-order valence-electron chi connectivity index (χ0n) is 30.1. The highest BCUT2D eigenvalue weighted by Crippen LogP contribution is 2.44. The quantitative estimate of drug-likeness (QED) is 0.171. The van der Waals surface area contributed by atoms with E-state index < -0.39 is 0 Å². The molecule has 0 spiro atoms. The van der Waals surface area contributed by atoms with Crippen molar-refractivity contribution in [2.75, 3.05) is 0 Å². The molecule has 0 saturated carbocycles. The zero-order chi connectivity index (χ0) is 37.0. The number of fused-ring (bicyclic) bond motifs is 6. The fraction of sp³-hybridized carbons (Fsp3) is 0. The Hall–Kier alpha value is -7.21. The first kappa shape index (κ1) is 32.2. The van der Waals surface area contributed by atoms with Crippen LogP contribution in [0.5, 0.6) is 0 Å². The standard InChI is InChI=1S/C51H31N3OS/c1-4-13-32(14-5-1)33-23-25-36(26-24-33)50-52-49(35-17-8-3-9-18-35)53-51(54-50)40-20-12-21-45-47(40)43-29-37(27-28-44(43)55-45)38-30-41(34-15-6-2-7-16-34)48-42(31-38)39-19-10-11-22-46(39)56-48/h1-31H. The number of benzene rings is 8. The predicted molar refractivity (Wildman–Crippen MR) is 233 cm³/mol. The van der Waals surface area contributed by atoms with Crippen LogP contribution in [0.15, 0.2) is 192 Å². The van der Waals surface area contributed by atoms with Crippen LogP contribution in [0, 0.1) is 0 Å². The lowest BCUT2D eigenvalue weighted by molar-refractivity contribution is 0.669. The van der Waals surface area contributed by atoms with E-state index >= 15 is 0 Å². The first-order chi connectivity index (χ1) is 27.7. The monoisotopic (exact) mass is 733 g/mol. The van der Waals surface area contributed by atoms with Crippen LogP contribution in [0.25, 0.3) is 110 Å². The molecule has 11 aromatic rings. The summed E-state index contributed by atoms with van der Waals surface area (Å²) in [5, 5.41) is 4.53. The topological polar surface area (TPSA) is 51.8 Å². The van der Waals surface area contributed by atoms with E-state index in [4.69, 9.17) is 19.4 Å². The average Bonchev–Trinajstić information content (AvgIpc) is 3.85. The maximum Gasteiger partial charge on any atom is 0.164 e. The lowest BCUT2D eigenvalue weighted by Gasteiger charge is -2.10. The van der Waals surface area contributed by atoms with E-state index in [-0.39, 0.29) is 0 Å². The number of nitrogens with zero attached hydrogens (tertiary/aromatic N) is 3. The van der Waals surface area contributed by atoms with Crippen LogP contribution in [-0.2, 0) is 0 Å². The van der Waals surface area contributed by atoms with Gasteiger partial charge in [0.05, 0.1) is 0 Å². The van der Waals surface area contributed by atoms with E-state index in [2.05, 4.69) is 140 Å². The van der Waals surface area contributed by atoms with Crippen LogP contribution in [-0.4, -0.2) is 15.0 Å². The molecule has 0 aliphatic rings. The number of hydrogen-bond donors (Lipinski definition) is 0. The maximum atomic E-state index is 6.53. The van der Waals surface area contributed by atoms with Crippen molar-refractivity contribution in [3.63, 3.8) is 0 Å². The Morgan fingerprint density at radius 3 is 1.66 bits per heavy atom. The largest absolute Gasteiger partial charge is 0.456 e. The smallest absolute Gasteiger partial charge is 0.164 e. The summed E-state index contributed by atoms with van der Waals surface area (Å²) in [6.07, 6.45) is 0. The van der Waals surface area contributed by atoms with E-state index in [0.717, 1.165) is 60.9 Å². The molecule has 8 aromatic carbocycles. The van der Waals surface area contributed by atoms with Gasteiger partial charge < -0.3 is 4.42 Å². The van der Waals surface area contributed by atoms with Gasteiger partial charge in [-0.25, -0.2) is 15.0 Å². The van der Waals surface area contributed by atoms with Crippen molar-refractivity contribution in [3.8, 4) is 67.5 Å². The number of aromatic nitrogens is 3. The molecule has 3 aromatic heterocycles. The molecule has 0 amide bonds. The molecular formula is C51H31N3OS. The zero-order valence-corrected chi connectivity index (χ0v) is 30.9. The molecule has 0 radical (unpaired) electrons. The van der Waals surface area contributed by atoms with Crippen molar-refractivity contribution in [3.05, 3.63) is 188 Å². The van der Waals surface area contributed by atoms with E-state index in [9.17, 15) is 0 Å². The summed E-state index contributed by atoms with van der Waals surface area (Å²) in [7, 11) is 0. The molecule has 0 bridgehead atoms. The van der Waals surface area contributed by atoms with Crippen molar-refractivity contribution in [2.24, 2.45) is 0 Å². The van der Waals surface area contributed by atoms with Gasteiger partial charge in [0.2, 0.25) is 0 Å². The molecule has 5 heteroatoms. The minimum Gasteiger partial charge on any atom is -0.456 e. The Balaban J connectivity index is 1.09. The Kier molecular flexibility index (Phi) is 7.64. The van der Waals surface area contributed by atoms with Gasteiger partial charge in [-0.15, -0.1) is 11.3 Å². The first-order valence-corrected chi connectivity index (χ1v) is 19.5. The molecule has 3 heterocycles. The highest BCUT2D eigenvalue weighted by molar-refractivity contribution is 7.26. The SMILES string of the molecule is c1ccc(-c2ccc(-c3nc(-c4ccccc4)nc(-c4cccc5oc6ccc(-c7cc(-c8ccccc8)c8sc9ccccc9c8c7)cc6c45)n3)cc2)cc1. The van der Waals surface area contributed by atoms with Crippen LogP contribution in [0.4, 0.5) is 0 Å². The molecule has 262 valence electrons. The van der Waals surface area contributed by atoms with Gasteiger partial charge in [-0.2, -0.15) is 0 Å². The Morgan fingerprint density at radius 2 is 0.911 bits per heavy atom. The molecule has 11 rings (SSSR count). The first-order valence-electron chi connectivity index (χ1n) is 18.7. The van der Waals surface area contributed by atoms with Crippen molar-refractivity contribution >= 4 is 53.4 Å². The fourth-order valence-electron chi connectivity index (χ4n) is 7.80. The van der Waals surface area contributed by atoms with Crippen LogP contribution in [0.2, 0.25) is 0 Å². The van der Waals surface area contributed by atoms with Gasteiger partial charge in [0.25, 0.3) is 0 Å². The van der Waals surface area contributed by atoms with E-state index in [0.29, 0.717) is 17.5 Å². The molecule has 0 unspecified atom stereocenters. The second-order valence-electron chi connectivity index (χ2n) is 14.0. The summed E-state index contributed by atoms with van der Waals surface area (Å²) in [6, 6.07) is 65.7. The highest BCUT2D eigenvalue weighted by Gasteiger charge is 2.20. The van der Waals surface area contributed by atoms with Crippen molar-refractivity contribution < 1.29 is 4.42 Å². The van der Waals surface area contributed by atoms with Crippen molar-refractivity contribution in [1.29, 1.82) is 0 Å². The molecule has 0 atom stereocenters. The molecule has 0 saturated heterocycles. The molecule has 0 N–H and O–H groups in total. The molecule has 4 nitrogen and oxygen atoms in total. The lowest BCUT2D eigenvalue weighted by atomic mass is 9.95. The maximum absolute atomic E-state index is 6.53. The average molecular weight is 734 g/mol. The summed E-state index contributed by atoms with van der Waals surface area (Å²) < 4.78 is 9.12. The third kappa shape index (κ3) is 5.56. The number of thiophene rings is 1. The minimum atomic E-state index is 0.595. The normalized spacial score (nSPS) is 11.6. The summed E-state index contributed by atoms with van der Waals surface area (Å²) in [4.78, 5) is 15.3. The second kappa shape index (κ2) is 13.3. The molecule has 0 aliphatic heterocycles. The Labute approximate surface area is 327 Å². The van der Waals surface area contributed by atoms with Gasteiger partial charge >= 0.3 is 0 Å². The van der Waals surface area contributed by atoms with Crippen LogP contribution in [0.1, 0.15) is 0 Å². The van der Waals surface area contributed by atoms with Crippen LogP contribution < -0.4 is 0 Å². The van der Waals surface area contributed by atoms with Gasteiger partial charge in [-0.05, 0) is 64.2 Å². The minimum absolute atomic E-state index is 0.595. The van der Waals surface area contributed by atoms with Crippen molar-refractivity contribution in [1.82, 2.24) is 15.0 Å². The van der Waals surface area contributed by atoms with Crippen LogP contribution >= 0.6 is 11.3 Å². The third-order valence-corrected chi connectivity index (χ3v) is 11.8. The van der Waals surface area contributed by atoms with E-state index in [1.807, 2.05) is 59.9 Å². The number of furan rings is 1. The van der Waals surface area contributed by atoms with Gasteiger partial charge in [0.1, 0.15) is 11.2 Å². The van der Waals surface area contributed by atoms with Gasteiger partial charge in [-0.1, -0.05) is 152 Å². The summed E-state index contributed by atoms with van der Waals surface area (Å²) in [5.41, 5.74) is 11.4. The van der Waals surface area contributed by atoms with Crippen molar-refractivity contribution in [2.45, 2.75) is 0 Å². The Bertz CT molecular complexity index is 3230. The molecule has 0 aliphatic carbocycles. The lowest BCUT2D eigenvalue weighted by Crippen LogP contribution is -2.00. The third-order valence-electron chi connectivity index (χ3n) is 10.5. The molecule has 0 fully saturated rings. The summed E-state index contributed by atoms with van der Waals surface area (Å²) >= 11 is 1.86. The number of hydrogen-bond acceptors (Lipinski definition) is 5.